The topological polar surface area (TPSA) is 75.8 Å². The second-order valence-corrected chi connectivity index (χ2v) is 10.4. The van der Waals surface area contributed by atoms with Crippen LogP contribution in [0.15, 0.2) is 30.5 Å². The summed E-state index contributed by atoms with van der Waals surface area (Å²) in [6.45, 7) is 3.56. The Morgan fingerprint density at radius 2 is 1.86 bits per heavy atom. The molecule has 7 nitrogen and oxygen atoms in total. The molecule has 1 N–H and O–H groups in total. The summed E-state index contributed by atoms with van der Waals surface area (Å²) < 4.78 is 44.8. The molecule has 35 heavy (non-hydrogen) atoms. The molecular formula is C24H27ClF3N5O2. The fourth-order valence-corrected chi connectivity index (χ4v) is 5.65. The number of aromatic nitrogens is 4. The van der Waals surface area contributed by atoms with Crippen LogP contribution in [-0.2, 0) is 12.0 Å². The number of rotatable bonds is 6. The number of pyridine rings is 2. The van der Waals surface area contributed by atoms with Gasteiger partial charge in [-0.15, -0.1) is 0 Å². The lowest BCUT2D eigenvalue weighted by atomic mass is 9.82. The van der Waals surface area contributed by atoms with Gasteiger partial charge >= 0.3 is 6.18 Å². The maximum Gasteiger partial charge on any atom is 0.422 e. The minimum absolute atomic E-state index is 0.0126. The molecule has 5 rings (SSSR count). The lowest BCUT2D eigenvalue weighted by Crippen LogP contribution is -2.42. The number of hydrogen-bond acceptors (Lipinski definition) is 6. The minimum Gasteiger partial charge on any atom is -0.480 e. The van der Waals surface area contributed by atoms with Gasteiger partial charge in [0.15, 0.2) is 23.8 Å². The Balaban J connectivity index is 1.40. The molecule has 4 heterocycles. The molecule has 2 fully saturated rings. The SMILES string of the molecule is CC(C)(O)c1ccc(OCC(F)(F)F)c2nc(CC3[C@@H]4CC[C@H]3CN(c3ccnc(Cl)c3)C4)nn12. The largest absolute Gasteiger partial charge is 0.480 e. The van der Waals surface area contributed by atoms with Gasteiger partial charge in [0, 0.05) is 31.4 Å². The van der Waals surface area contributed by atoms with E-state index in [0.29, 0.717) is 40.8 Å². The number of alkyl halides is 3. The molecule has 0 amide bonds. The Morgan fingerprint density at radius 1 is 1.14 bits per heavy atom. The van der Waals surface area contributed by atoms with Crippen molar-refractivity contribution in [1.29, 1.82) is 0 Å². The summed E-state index contributed by atoms with van der Waals surface area (Å²) in [6.07, 6.45) is 0.0671. The third kappa shape index (κ3) is 5.04. The molecule has 1 aliphatic heterocycles. The van der Waals surface area contributed by atoms with Crippen molar-refractivity contribution >= 4 is 22.9 Å². The highest BCUT2D eigenvalue weighted by Gasteiger charge is 2.42. The van der Waals surface area contributed by atoms with Gasteiger partial charge in [-0.05, 0) is 68.7 Å². The molecule has 1 aliphatic carbocycles. The Bertz CT molecular complexity index is 1210. The average Bonchev–Trinajstić information content (AvgIpc) is 3.27. The van der Waals surface area contributed by atoms with Crippen LogP contribution in [0.2, 0.25) is 5.15 Å². The van der Waals surface area contributed by atoms with Crippen molar-refractivity contribution in [3.8, 4) is 5.75 Å². The Morgan fingerprint density at radius 3 is 2.49 bits per heavy atom. The number of fused-ring (bicyclic) bond motifs is 3. The van der Waals surface area contributed by atoms with Crippen molar-refractivity contribution in [2.75, 3.05) is 24.6 Å². The number of hydrogen-bond donors (Lipinski definition) is 1. The van der Waals surface area contributed by atoms with Gasteiger partial charge in [-0.25, -0.2) is 14.5 Å². The third-order valence-electron chi connectivity index (χ3n) is 7.03. The van der Waals surface area contributed by atoms with Crippen molar-refractivity contribution in [2.45, 2.75) is 44.9 Å². The molecule has 3 aromatic rings. The van der Waals surface area contributed by atoms with Crippen LogP contribution in [0.5, 0.6) is 5.75 Å². The van der Waals surface area contributed by atoms with E-state index in [2.05, 4.69) is 20.0 Å². The lowest BCUT2D eigenvalue weighted by molar-refractivity contribution is -0.153. The van der Waals surface area contributed by atoms with E-state index in [1.165, 1.54) is 16.6 Å². The molecule has 3 aromatic heterocycles. The van der Waals surface area contributed by atoms with Crippen molar-refractivity contribution in [3.63, 3.8) is 0 Å². The highest BCUT2D eigenvalue weighted by Crippen LogP contribution is 2.44. The van der Waals surface area contributed by atoms with Crippen LogP contribution >= 0.6 is 11.6 Å². The molecule has 0 spiro atoms. The average molecular weight is 510 g/mol. The van der Waals surface area contributed by atoms with Crippen LogP contribution in [0.3, 0.4) is 0 Å². The maximum atomic E-state index is 12.8. The lowest BCUT2D eigenvalue weighted by Gasteiger charge is -2.39. The van der Waals surface area contributed by atoms with Gasteiger partial charge in [-0.3, -0.25) is 0 Å². The van der Waals surface area contributed by atoms with E-state index in [9.17, 15) is 18.3 Å². The highest BCUT2D eigenvalue weighted by molar-refractivity contribution is 6.29. The quantitative estimate of drug-likeness (QED) is 0.487. The molecule has 0 radical (unpaired) electrons. The number of ether oxygens (including phenoxy) is 1. The summed E-state index contributed by atoms with van der Waals surface area (Å²) in [6, 6.07) is 6.79. The second kappa shape index (κ2) is 8.81. The van der Waals surface area contributed by atoms with Crippen molar-refractivity contribution in [2.24, 2.45) is 17.8 Å². The zero-order chi connectivity index (χ0) is 25.0. The van der Waals surface area contributed by atoms with E-state index in [1.54, 1.807) is 20.0 Å². The number of piperidine rings is 1. The zero-order valence-corrected chi connectivity index (χ0v) is 20.2. The van der Waals surface area contributed by atoms with E-state index in [-0.39, 0.29) is 11.4 Å². The fourth-order valence-electron chi connectivity index (χ4n) is 5.48. The van der Waals surface area contributed by atoms with E-state index in [4.69, 9.17) is 16.3 Å². The monoisotopic (exact) mass is 509 g/mol. The number of halogens is 4. The summed E-state index contributed by atoms with van der Waals surface area (Å²) in [5, 5.41) is 15.7. The highest BCUT2D eigenvalue weighted by atomic mass is 35.5. The van der Waals surface area contributed by atoms with Gasteiger partial charge in [0.1, 0.15) is 10.8 Å². The van der Waals surface area contributed by atoms with Crippen LogP contribution < -0.4 is 9.64 Å². The summed E-state index contributed by atoms with van der Waals surface area (Å²) in [7, 11) is 0. The van der Waals surface area contributed by atoms with Gasteiger partial charge in [-0.2, -0.15) is 18.3 Å². The smallest absolute Gasteiger partial charge is 0.422 e. The van der Waals surface area contributed by atoms with E-state index in [1.807, 2.05) is 12.1 Å². The summed E-state index contributed by atoms with van der Waals surface area (Å²) in [5.41, 5.74) is 0.410. The van der Waals surface area contributed by atoms with Gasteiger partial charge in [-0.1, -0.05) is 11.6 Å². The fraction of sp³-hybridized carbons (Fsp3) is 0.542. The van der Waals surface area contributed by atoms with Crippen LogP contribution in [0.4, 0.5) is 18.9 Å². The van der Waals surface area contributed by atoms with Crippen molar-refractivity contribution in [1.82, 2.24) is 19.6 Å². The van der Waals surface area contributed by atoms with Gasteiger partial charge in [0.05, 0.1) is 5.69 Å². The van der Waals surface area contributed by atoms with Gasteiger partial charge in [0.2, 0.25) is 0 Å². The van der Waals surface area contributed by atoms with E-state index in [0.717, 1.165) is 31.6 Å². The standard InChI is InChI=1S/C24H27ClF3N5O2/c1-23(2,34)19-6-5-18(35-13-24(26,27)28)22-30-21(31-33(19)22)10-17-14-3-4-15(17)12-32(11-14)16-7-8-29-20(25)9-16/h5-9,14-15,17,34H,3-4,10-13H2,1-2H3/t14-,15+,17?. The Hall–Kier alpha value is -2.59. The number of anilines is 1. The Labute approximate surface area is 205 Å². The predicted octanol–water partition coefficient (Wildman–Crippen LogP) is 4.65. The number of nitrogens with zero attached hydrogens (tertiary/aromatic N) is 5. The third-order valence-corrected chi connectivity index (χ3v) is 7.24. The molecule has 1 saturated carbocycles. The molecule has 2 aliphatic rings. The van der Waals surface area contributed by atoms with Gasteiger partial charge in [0.25, 0.3) is 0 Å². The van der Waals surface area contributed by atoms with Crippen molar-refractivity contribution in [3.05, 3.63) is 47.1 Å². The van der Waals surface area contributed by atoms with E-state index >= 15 is 0 Å². The second-order valence-electron chi connectivity index (χ2n) is 10.0. The van der Waals surface area contributed by atoms with Crippen LogP contribution in [0, 0.1) is 17.8 Å². The van der Waals surface area contributed by atoms with E-state index < -0.39 is 18.4 Å². The molecule has 2 bridgehead atoms. The Kier molecular flexibility index (Phi) is 6.07. The molecule has 11 heteroatoms. The van der Waals surface area contributed by atoms with Crippen LogP contribution in [-0.4, -0.2) is 50.6 Å². The molecular weight excluding hydrogens is 483 g/mol. The van der Waals surface area contributed by atoms with Crippen LogP contribution in [0.1, 0.15) is 38.2 Å². The first-order valence-electron chi connectivity index (χ1n) is 11.7. The summed E-state index contributed by atoms with van der Waals surface area (Å²) >= 11 is 6.08. The first-order chi connectivity index (χ1) is 16.5. The number of aliphatic hydroxyl groups is 1. The van der Waals surface area contributed by atoms with Gasteiger partial charge < -0.3 is 14.7 Å². The summed E-state index contributed by atoms with van der Waals surface area (Å²) in [4.78, 5) is 11.0. The first kappa shape index (κ1) is 24.1. The molecule has 1 unspecified atom stereocenters. The normalized spacial score (nSPS) is 22.7. The predicted molar refractivity (Wildman–Crippen MR) is 125 cm³/mol. The van der Waals surface area contributed by atoms with Crippen molar-refractivity contribution < 1.29 is 23.0 Å². The molecule has 188 valence electrons. The molecule has 0 aromatic carbocycles. The minimum atomic E-state index is -4.47. The summed E-state index contributed by atoms with van der Waals surface area (Å²) in [5.74, 6) is 1.79. The zero-order valence-electron chi connectivity index (χ0n) is 19.5. The molecule has 1 saturated heterocycles. The molecule has 3 atom stereocenters. The van der Waals surface area contributed by atoms with Crippen LogP contribution in [0.25, 0.3) is 5.65 Å². The maximum absolute atomic E-state index is 12.8. The first-order valence-corrected chi connectivity index (χ1v) is 12.0.